The minimum Gasteiger partial charge on any atom is -0.325 e. The Morgan fingerprint density at radius 2 is 2.00 bits per heavy atom. The van der Waals surface area contributed by atoms with Crippen molar-refractivity contribution in [2.45, 2.75) is 45.6 Å². The van der Waals surface area contributed by atoms with Gasteiger partial charge in [-0.2, -0.15) is 0 Å². The van der Waals surface area contributed by atoms with Crippen LogP contribution >= 0.6 is 0 Å². The van der Waals surface area contributed by atoms with Crippen molar-refractivity contribution >= 4 is 11.6 Å². The summed E-state index contributed by atoms with van der Waals surface area (Å²) < 4.78 is 0. The van der Waals surface area contributed by atoms with E-state index in [1.807, 2.05) is 38.1 Å². The molecule has 1 amide bonds. The Morgan fingerprint density at radius 1 is 1.32 bits per heavy atom. The Bertz CT molecular complexity index is 409. The largest absolute Gasteiger partial charge is 0.325 e. The molecule has 0 radical (unpaired) electrons. The standard InChI is InChI=1S/C16H24N2O/c1-12-6-8-15(9-7-12)18-16(19)13(2)17-11-10-14-4-3-5-14/h6-9,13-14,17H,3-5,10-11H2,1-2H3,(H,18,19). The van der Waals surface area contributed by atoms with Crippen molar-refractivity contribution in [3.8, 4) is 0 Å². The SMILES string of the molecule is Cc1ccc(NC(=O)C(C)NCCC2CCC2)cc1. The molecule has 2 N–H and O–H groups in total. The summed E-state index contributed by atoms with van der Waals surface area (Å²) in [7, 11) is 0. The first-order valence-electron chi connectivity index (χ1n) is 7.26. The van der Waals surface area contributed by atoms with Gasteiger partial charge in [-0.15, -0.1) is 0 Å². The Kier molecular flexibility index (Phi) is 4.97. The molecule has 104 valence electrons. The first-order valence-corrected chi connectivity index (χ1v) is 7.26. The zero-order valence-electron chi connectivity index (χ0n) is 11.9. The average Bonchev–Trinajstić information content (AvgIpc) is 2.35. The monoisotopic (exact) mass is 260 g/mol. The highest BCUT2D eigenvalue weighted by atomic mass is 16.2. The number of nitrogens with one attached hydrogen (secondary N) is 2. The molecule has 1 unspecified atom stereocenters. The zero-order valence-corrected chi connectivity index (χ0v) is 11.9. The summed E-state index contributed by atoms with van der Waals surface area (Å²) in [5.41, 5.74) is 2.06. The number of anilines is 1. The van der Waals surface area contributed by atoms with Gasteiger partial charge in [-0.25, -0.2) is 0 Å². The average molecular weight is 260 g/mol. The molecule has 1 aliphatic rings. The van der Waals surface area contributed by atoms with Gasteiger partial charge in [0, 0.05) is 5.69 Å². The molecule has 2 rings (SSSR count). The topological polar surface area (TPSA) is 41.1 Å². The predicted molar refractivity (Wildman–Crippen MR) is 79.2 cm³/mol. The zero-order chi connectivity index (χ0) is 13.7. The van der Waals surface area contributed by atoms with Crippen LogP contribution in [-0.4, -0.2) is 18.5 Å². The lowest BCUT2D eigenvalue weighted by molar-refractivity contribution is -0.117. The molecule has 0 saturated heterocycles. The summed E-state index contributed by atoms with van der Waals surface area (Å²) in [6, 6.07) is 7.75. The van der Waals surface area contributed by atoms with Gasteiger partial charge in [0.25, 0.3) is 0 Å². The molecule has 1 fully saturated rings. The van der Waals surface area contributed by atoms with Crippen molar-refractivity contribution in [3.63, 3.8) is 0 Å². The summed E-state index contributed by atoms with van der Waals surface area (Å²) in [4.78, 5) is 12.0. The first-order chi connectivity index (χ1) is 9.15. The lowest BCUT2D eigenvalue weighted by Crippen LogP contribution is -2.39. The Balaban J connectivity index is 1.70. The number of carbonyl (C=O) groups is 1. The highest BCUT2D eigenvalue weighted by Crippen LogP contribution is 2.28. The Morgan fingerprint density at radius 3 is 2.58 bits per heavy atom. The van der Waals surface area contributed by atoms with Crippen LogP contribution in [-0.2, 0) is 4.79 Å². The quantitative estimate of drug-likeness (QED) is 0.825. The lowest BCUT2D eigenvalue weighted by Gasteiger charge is -2.25. The Hall–Kier alpha value is -1.35. The van der Waals surface area contributed by atoms with E-state index in [0.717, 1.165) is 18.2 Å². The van der Waals surface area contributed by atoms with Gasteiger partial charge >= 0.3 is 0 Å². The molecule has 1 aromatic rings. The first kappa shape index (κ1) is 14.1. The third-order valence-corrected chi connectivity index (χ3v) is 3.94. The maximum Gasteiger partial charge on any atom is 0.241 e. The fourth-order valence-corrected chi connectivity index (χ4v) is 2.27. The van der Waals surface area contributed by atoms with Gasteiger partial charge in [-0.05, 0) is 44.9 Å². The van der Waals surface area contributed by atoms with Crippen LogP contribution in [0.4, 0.5) is 5.69 Å². The third-order valence-electron chi connectivity index (χ3n) is 3.94. The molecule has 3 nitrogen and oxygen atoms in total. The van der Waals surface area contributed by atoms with E-state index in [1.165, 1.54) is 31.2 Å². The van der Waals surface area contributed by atoms with E-state index in [0.29, 0.717) is 0 Å². The summed E-state index contributed by atoms with van der Waals surface area (Å²) >= 11 is 0. The highest BCUT2D eigenvalue weighted by molar-refractivity contribution is 5.94. The molecular weight excluding hydrogens is 236 g/mol. The van der Waals surface area contributed by atoms with Crippen LogP contribution in [0.1, 0.15) is 38.2 Å². The van der Waals surface area contributed by atoms with Gasteiger partial charge in [0.05, 0.1) is 6.04 Å². The van der Waals surface area contributed by atoms with E-state index < -0.39 is 0 Å². The molecular formula is C16H24N2O. The van der Waals surface area contributed by atoms with E-state index in [9.17, 15) is 4.79 Å². The smallest absolute Gasteiger partial charge is 0.241 e. The second-order valence-electron chi connectivity index (χ2n) is 5.62. The summed E-state index contributed by atoms with van der Waals surface area (Å²) in [6.45, 7) is 4.90. The molecule has 19 heavy (non-hydrogen) atoms. The fourth-order valence-electron chi connectivity index (χ4n) is 2.27. The van der Waals surface area contributed by atoms with Crippen molar-refractivity contribution in [2.24, 2.45) is 5.92 Å². The third kappa shape index (κ3) is 4.35. The number of aryl methyl sites for hydroxylation is 1. The van der Waals surface area contributed by atoms with Crippen LogP contribution in [0.2, 0.25) is 0 Å². The van der Waals surface area contributed by atoms with Crippen molar-refractivity contribution < 1.29 is 4.79 Å². The summed E-state index contributed by atoms with van der Waals surface area (Å²) in [6.07, 6.45) is 5.31. The number of rotatable bonds is 6. The van der Waals surface area contributed by atoms with Gasteiger partial charge < -0.3 is 10.6 Å². The predicted octanol–water partition coefficient (Wildman–Crippen LogP) is 3.10. The molecule has 1 aromatic carbocycles. The molecule has 1 atom stereocenters. The van der Waals surface area contributed by atoms with Crippen molar-refractivity contribution in [3.05, 3.63) is 29.8 Å². The number of benzene rings is 1. The van der Waals surface area contributed by atoms with Crippen LogP contribution < -0.4 is 10.6 Å². The van der Waals surface area contributed by atoms with E-state index in [2.05, 4.69) is 10.6 Å². The van der Waals surface area contributed by atoms with Crippen LogP contribution in [0.3, 0.4) is 0 Å². The summed E-state index contributed by atoms with van der Waals surface area (Å²) in [5.74, 6) is 0.928. The number of carbonyl (C=O) groups excluding carboxylic acids is 1. The molecule has 0 heterocycles. The van der Waals surface area contributed by atoms with E-state index in [-0.39, 0.29) is 11.9 Å². The number of amides is 1. The van der Waals surface area contributed by atoms with E-state index >= 15 is 0 Å². The number of hydrogen-bond donors (Lipinski definition) is 2. The van der Waals surface area contributed by atoms with Crippen molar-refractivity contribution in [1.29, 1.82) is 0 Å². The molecule has 1 saturated carbocycles. The number of hydrogen-bond acceptors (Lipinski definition) is 2. The molecule has 3 heteroatoms. The maximum absolute atomic E-state index is 12.0. The van der Waals surface area contributed by atoms with Crippen LogP contribution in [0, 0.1) is 12.8 Å². The molecule has 1 aliphatic carbocycles. The molecule has 0 aromatic heterocycles. The Labute approximate surface area is 115 Å². The van der Waals surface area contributed by atoms with E-state index in [4.69, 9.17) is 0 Å². The normalized spacial score (nSPS) is 16.7. The van der Waals surface area contributed by atoms with Crippen molar-refractivity contribution in [2.75, 3.05) is 11.9 Å². The van der Waals surface area contributed by atoms with Gasteiger partial charge in [0.1, 0.15) is 0 Å². The van der Waals surface area contributed by atoms with Crippen LogP contribution in [0.15, 0.2) is 24.3 Å². The van der Waals surface area contributed by atoms with Crippen molar-refractivity contribution in [1.82, 2.24) is 5.32 Å². The lowest BCUT2D eigenvalue weighted by atomic mass is 9.83. The highest BCUT2D eigenvalue weighted by Gasteiger charge is 2.18. The van der Waals surface area contributed by atoms with Gasteiger partial charge in [0.15, 0.2) is 0 Å². The fraction of sp³-hybridized carbons (Fsp3) is 0.562. The minimum absolute atomic E-state index is 0.0393. The molecule has 0 spiro atoms. The maximum atomic E-state index is 12.0. The van der Waals surface area contributed by atoms with E-state index in [1.54, 1.807) is 0 Å². The molecule has 0 bridgehead atoms. The van der Waals surface area contributed by atoms with Crippen LogP contribution in [0.5, 0.6) is 0 Å². The van der Waals surface area contributed by atoms with Gasteiger partial charge in [0.2, 0.25) is 5.91 Å². The van der Waals surface area contributed by atoms with Gasteiger partial charge in [-0.1, -0.05) is 37.0 Å². The minimum atomic E-state index is -0.138. The molecule has 0 aliphatic heterocycles. The second-order valence-corrected chi connectivity index (χ2v) is 5.62. The van der Waals surface area contributed by atoms with Crippen LogP contribution in [0.25, 0.3) is 0 Å². The second kappa shape index (κ2) is 6.71. The van der Waals surface area contributed by atoms with Gasteiger partial charge in [-0.3, -0.25) is 4.79 Å². The summed E-state index contributed by atoms with van der Waals surface area (Å²) in [5, 5.41) is 6.23.